The second kappa shape index (κ2) is 7.48. The average Bonchev–Trinajstić information content (AvgIpc) is 3.02. The predicted molar refractivity (Wildman–Crippen MR) is 105 cm³/mol. The van der Waals surface area contributed by atoms with Crippen LogP contribution in [0.2, 0.25) is 0 Å². The number of phenols is 1. The van der Waals surface area contributed by atoms with Crippen molar-refractivity contribution < 1.29 is 24.1 Å². The fourth-order valence-corrected chi connectivity index (χ4v) is 2.96. The number of phenolic OH excluding ortho intramolecular Hbond substituents is 1. The molecule has 3 aromatic rings. The van der Waals surface area contributed by atoms with Crippen molar-refractivity contribution in [1.82, 2.24) is 0 Å². The zero-order chi connectivity index (χ0) is 19.5. The minimum atomic E-state index is -0.224. The molecule has 0 aromatic heterocycles. The first kappa shape index (κ1) is 17.7. The third kappa shape index (κ3) is 3.55. The molecule has 140 valence electrons. The first-order valence-electron chi connectivity index (χ1n) is 8.76. The number of benzene rings is 3. The second-order valence-electron chi connectivity index (χ2n) is 6.30. The van der Waals surface area contributed by atoms with Gasteiger partial charge in [0.1, 0.15) is 18.1 Å². The SMILES string of the molecule is COc1ccc(/C=C2\Oc3cc(O)ccc3C2=O)cc1OCc1ccccc1. The van der Waals surface area contributed by atoms with Gasteiger partial charge in [-0.2, -0.15) is 0 Å². The van der Waals surface area contributed by atoms with Crippen molar-refractivity contribution >= 4 is 11.9 Å². The van der Waals surface area contributed by atoms with Crippen molar-refractivity contribution in [3.8, 4) is 23.0 Å². The number of carbonyl (C=O) groups is 1. The highest BCUT2D eigenvalue weighted by molar-refractivity contribution is 6.14. The molecule has 5 heteroatoms. The lowest BCUT2D eigenvalue weighted by atomic mass is 10.1. The van der Waals surface area contributed by atoms with Crippen molar-refractivity contribution in [2.75, 3.05) is 7.11 Å². The number of ether oxygens (including phenoxy) is 3. The van der Waals surface area contributed by atoms with Crippen LogP contribution in [0.25, 0.3) is 6.08 Å². The standard InChI is InChI=1S/C23H18O5/c1-26-19-10-7-16(11-21(19)27-14-15-5-3-2-4-6-15)12-22-23(25)18-9-8-17(24)13-20(18)28-22/h2-13,24H,14H2,1H3/b22-12-. The van der Waals surface area contributed by atoms with Crippen LogP contribution in [-0.4, -0.2) is 18.0 Å². The molecule has 1 heterocycles. The Labute approximate surface area is 162 Å². The van der Waals surface area contributed by atoms with Gasteiger partial charge >= 0.3 is 0 Å². The molecule has 28 heavy (non-hydrogen) atoms. The normalized spacial score (nSPS) is 13.9. The van der Waals surface area contributed by atoms with E-state index in [1.807, 2.05) is 36.4 Å². The van der Waals surface area contributed by atoms with Crippen molar-refractivity contribution in [2.45, 2.75) is 6.61 Å². The topological polar surface area (TPSA) is 65.0 Å². The summed E-state index contributed by atoms with van der Waals surface area (Å²) in [4.78, 5) is 12.5. The van der Waals surface area contributed by atoms with E-state index >= 15 is 0 Å². The van der Waals surface area contributed by atoms with Crippen LogP contribution in [0, 0.1) is 0 Å². The van der Waals surface area contributed by atoms with Gasteiger partial charge in [-0.1, -0.05) is 36.4 Å². The Balaban J connectivity index is 1.59. The number of fused-ring (bicyclic) bond motifs is 1. The Morgan fingerprint density at radius 2 is 1.82 bits per heavy atom. The van der Waals surface area contributed by atoms with E-state index in [9.17, 15) is 9.90 Å². The number of Topliss-reactive ketones (excluding diaryl/α,β-unsaturated/α-hetero) is 1. The number of aromatic hydroxyl groups is 1. The molecular weight excluding hydrogens is 356 g/mol. The first-order chi connectivity index (χ1) is 13.6. The zero-order valence-electron chi connectivity index (χ0n) is 15.2. The van der Waals surface area contributed by atoms with E-state index in [1.165, 1.54) is 12.1 Å². The Morgan fingerprint density at radius 1 is 1.00 bits per heavy atom. The van der Waals surface area contributed by atoms with Crippen molar-refractivity contribution in [3.05, 3.63) is 89.2 Å². The lowest BCUT2D eigenvalue weighted by molar-refractivity contribution is 0.101. The van der Waals surface area contributed by atoms with Crippen LogP contribution in [0.5, 0.6) is 23.0 Å². The van der Waals surface area contributed by atoms with E-state index in [4.69, 9.17) is 14.2 Å². The molecule has 0 spiro atoms. The molecule has 0 unspecified atom stereocenters. The second-order valence-corrected chi connectivity index (χ2v) is 6.30. The Hall–Kier alpha value is -3.73. The van der Waals surface area contributed by atoms with Crippen LogP contribution in [0.15, 0.2) is 72.5 Å². The summed E-state index contributed by atoms with van der Waals surface area (Å²) in [5.74, 6) is 1.54. The summed E-state index contributed by atoms with van der Waals surface area (Å²) in [6.45, 7) is 0.400. The summed E-state index contributed by atoms with van der Waals surface area (Å²) >= 11 is 0. The molecule has 0 saturated heterocycles. The van der Waals surface area contributed by atoms with Crippen molar-refractivity contribution in [1.29, 1.82) is 0 Å². The Morgan fingerprint density at radius 3 is 2.61 bits per heavy atom. The van der Waals surface area contributed by atoms with Gasteiger partial charge in [0, 0.05) is 6.07 Å². The van der Waals surface area contributed by atoms with Crippen LogP contribution in [0.4, 0.5) is 0 Å². The number of ketones is 1. The highest BCUT2D eigenvalue weighted by atomic mass is 16.5. The molecule has 0 saturated carbocycles. The number of rotatable bonds is 5. The third-order valence-corrected chi connectivity index (χ3v) is 4.38. The van der Waals surface area contributed by atoms with E-state index in [2.05, 4.69) is 0 Å². The monoisotopic (exact) mass is 374 g/mol. The van der Waals surface area contributed by atoms with Crippen molar-refractivity contribution in [3.63, 3.8) is 0 Å². The van der Waals surface area contributed by atoms with Gasteiger partial charge in [-0.15, -0.1) is 0 Å². The highest BCUT2D eigenvalue weighted by Gasteiger charge is 2.27. The fourth-order valence-electron chi connectivity index (χ4n) is 2.96. The Bertz CT molecular complexity index is 1050. The van der Waals surface area contributed by atoms with E-state index in [1.54, 1.807) is 31.4 Å². The average molecular weight is 374 g/mol. The predicted octanol–water partition coefficient (Wildman–Crippen LogP) is 4.60. The molecule has 0 amide bonds. The molecule has 0 atom stereocenters. The third-order valence-electron chi connectivity index (χ3n) is 4.38. The summed E-state index contributed by atoms with van der Waals surface area (Å²) in [6.07, 6.45) is 1.65. The van der Waals surface area contributed by atoms with Crippen LogP contribution >= 0.6 is 0 Å². The number of hydrogen-bond acceptors (Lipinski definition) is 5. The van der Waals surface area contributed by atoms with Crippen LogP contribution < -0.4 is 14.2 Å². The fraction of sp³-hybridized carbons (Fsp3) is 0.0870. The largest absolute Gasteiger partial charge is 0.508 e. The maximum Gasteiger partial charge on any atom is 0.231 e. The molecular formula is C23H18O5. The lowest BCUT2D eigenvalue weighted by Gasteiger charge is -2.11. The minimum absolute atomic E-state index is 0.0499. The Kier molecular flexibility index (Phi) is 4.72. The van der Waals surface area contributed by atoms with Gasteiger partial charge in [0.2, 0.25) is 5.78 Å². The number of carbonyl (C=O) groups excluding carboxylic acids is 1. The maximum atomic E-state index is 12.5. The molecule has 1 aliphatic rings. The molecule has 3 aromatic carbocycles. The van der Waals surface area contributed by atoms with E-state index < -0.39 is 0 Å². The molecule has 0 radical (unpaired) electrons. The smallest absolute Gasteiger partial charge is 0.231 e. The lowest BCUT2D eigenvalue weighted by Crippen LogP contribution is -2.00. The molecule has 1 aliphatic heterocycles. The van der Waals surface area contributed by atoms with Crippen LogP contribution in [-0.2, 0) is 6.61 Å². The molecule has 0 aliphatic carbocycles. The minimum Gasteiger partial charge on any atom is -0.508 e. The summed E-state index contributed by atoms with van der Waals surface area (Å²) < 4.78 is 16.9. The molecule has 1 N–H and O–H groups in total. The number of hydrogen-bond donors (Lipinski definition) is 1. The van der Waals surface area contributed by atoms with Crippen LogP contribution in [0.1, 0.15) is 21.5 Å². The van der Waals surface area contributed by atoms with Gasteiger partial charge in [-0.25, -0.2) is 0 Å². The van der Waals surface area contributed by atoms with Gasteiger partial charge in [0.05, 0.1) is 12.7 Å². The zero-order valence-corrected chi connectivity index (χ0v) is 15.2. The highest BCUT2D eigenvalue weighted by Crippen LogP contribution is 2.35. The summed E-state index contributed by atoms with van der Waals surface area (Å²) in [5.41, 5.74) is 2.21. The molecule has 4 rings (SSSR count). The quantitative estimate of drug-likeness (QED) is 0.662. The van der Waals surface area contributed by atoms with Crippen molar-refractivity contribution in [2.24, 2.45) is 0 Å². The summed E-state index contributed by atoms with van der Waals surface area (Å²) in [6, 6.07) is 19.7. The number of methoxy groups -OCH3 is 1. The maximum absolute atomic E-state index is 12.5. The molecule has 0 bridgehead atoms. The van der Waals surface area contributed by atoms with Gasteiger partial charge in [-0.3, -0.25) is 4.79 Å². The number of allylic oxidation sites excluding steroid dienone is 1. The summed E-state index contributed by atoms with van der Waals surface area (Å²) in [5, 5.41) is 9.56. The van der Waals surface area contributed by atoms with E-state index in [-0.39, 0.29) is 17.3 Å². The van der Waals surface area contributed by atoms with Gasteiger partial charge in [0.25, 0.3) is 0 Å². The van der Waals surface area contributed by atoms with Gasteiger partial charge in [0.15, 0.2) is 17.3 Å². The molecule has 0 fully saturated rings. The van der Waals surface area contributed by atoms with E-state index in [0.29, 0.717) is 29.4 Å². The van der Waals surface area contributed by atoms with E-state index in [0.717, 1.165) is 11.1 Å². The van der Waals surface area contributed by atoms with Crippen LogP contribution in [0.3, 0.4) is 0 Å². The molecule has 5 nitrogen and oxygen atoms in total. The first-order valence-corrected chi connectivity index (χ1v) is 8.76. The van der Waals surface area contributed by atoms with Gasteiger partial charge in [-0.05, 0) is 41.5 Å². The summed E-state index contributed by atoms with van der Waals surface area (Å²) in [7, 11) is 1.58. The van der Waals surface area contributed by atoms with Gasteiger partial charge < -0.3 is 19.3 Å².